The fraction of sp³-hybridized carbons (Fsp3) is 0.325. The number of allylic oxidation sites excluding steroid dienone is 2. The summed E-state index contributed by atoms with van der Waals surface area (Å²) in [5.41, 5.74) is 11.5. The summed E-state index contributed by atoms with van der Waals surface area (Å²) in [7, 11) is 0. The van der Waals surface area contributed by atoms with Crippen LogP contribution in [0.3, 0.4) is 0 Å². The summed E-state index contributed by atoms with van der Waals surface area (Å²) in [4.78, 5) is 8.86. The maximum atomic E-state index is 13.5. The quantitative estimate of drug-likeness (QED) is 0.206. The fourth-order valence-electron chi connectivity index (χ4n) is 6.30. The zero-order chi connectivity index (χ0) is 32.6. The molecule has 4 aromatic rings. The van der Waals surface area contributed by atoms with Crippen molar-refractivity contribution in [3.05, 3.63) is 135 Å². The lowest BCUT2D eigenvalue weighted by Crippen LogP contribution is -2.08. The highest BCUT2D eigenvalue weighted by Gasteiger charge is 2.30. The Bertz CT molecular complexity index is 1720. The average Bonchev–Trinajstić information content (AvgIpc) is 3.67. The molecule has 3 aromatic carbocycles. The fourth-order valence-corrected chi connectivity index (χ4v) is 6.30. The van der Waals surface area contributed by atoms with Gasteiger partial charge in [-0.3, -0.25) is 0 Å². The molecular weight excluding hydrogens is 565 g/mol. The highest BCUT2D eigenvalue weighted by atomic mass is 19.4. The van der Waals surface area contributed by atoms with Gasteiger partial charge in [-0.25, -0.2) is 4.99 Å². The first-order valence-corrected chi connectivity index (χ1v) is 15.9. The Labute approximate surface area is 265 Å². The van der Waals surface area contributed by atoms with Crippen LogP contribution in [0.4, 0.5) is 13.2 Å². The Morgan fingerprint density at radius 2 is 1.09 bits per heavy atom. The Morgan fingerprint density at radius 3 is 1.56 bits per heavy atom. The van der Waals surface area contributed by atoms with Gasteiger partial charge in [-0.05, 0) is 87.9 Å². The van der Waals surface area contributed by atoms with Gasteiger partial charge in [0.25, 0.3) is 0 Å². The molecule has 45 heavy (non-hydrogen) atoms. The van der Waals surface area contributed by atoms with E-state index < -0.39 is 11.7 Å². The van der Waals surface area contributed by atoms with Crippen LogP contribution in [0.25, 0.3) is 16.8 Å². The maximum absolute atomic E-state index is 13.5. The van der Waals surface area contributed by atoms with Crippen LogP contribution in [0, 0.1) is 0 Å². The van der Waals surface area contributed by atoms with Crippen molar-refractivity contribution < 1.29 is 13.2 Å². The molecule has 1 aromatic heterocycles. The molecule has 5 heteroatoms. The van der Waals surface area contributed by atoms with Gasteiger partial charge in [-0.1, -0.05) is 104 Å². The third-order valence-electron chi connectivity index (χ3n) is 8.62. The van der Waals surface area contributed by atoms with E-state index in [0.29, 0.717) is 34.9 Å². The summed E-state index contributed by atoms with van der Waals surface area (Å²) in [6.07, 6.45) is -0.376. The minimum Gasteiger partial charge on any atom is -0.354 e. The van der Waals surface area contributed by atoms with E-state index in [0.717, 1.165) is 40.4 Å². The van der Waals surface area contributed by atoms with E-state index in [1.165, 1.54) is 27.8 Å². The molecule has 0 saturated heterocycles. The van der Waals surface area contributed by atoms with Gasteiger partial charge < -0.3 is 4.98 Å². The molecule has 0 atom stereocenters. The van der Waals surface area contributed by atoms with Crippen molar-refractivity contribution in [2.75, 3.05) is 0 Å². The smallest absolute Gasteiger partial charge is 0.354 e. The van der Waals surface area contributed by atoms with Crippen molar-refractivity contribution in [3.8, 4) is 11.3 Å². The lowest BCUT2D eigenvalue weighted by molar-refractivity contribution is -0.137. The van der Waals surface area contributed by atoms with Gasteiger partial charge in [0.1, 0.15) is 0 Å². The largest absolute Gasteiger partial charge is 0.416 e. The molecule has 0 fully saturated rings. The third-order valence-corrected chi connectivity index (χ3v) is 8.62. The number of rotatable bonds is 8. The molecule has 0 bridgehead atoms. The number of nitrogens with zero attached hydrogens (tertiary/aromatic N) is 1. The second-order valence-corrected chi connectivity index (χ2v) is 13.2. The van der Waals surface area contributed by atoms with Crippen molar-refractivity contribution in [2.45, 2.75) is 85.2 Å². The highest BCUT2D eigenvalue weighted by Crippen LogP contribution is 2.39. The van der Waals surface area contributed by atoms with E-state index in [9.17, 15) is 13.2 Å². The number of aromatic nitrogens is 1. The summed E-state index contributed by atoms with van der Waals surface area (Å²) in [5, 5.41) is 0. The van der Waals surface area contributed by atoms with Crippen LogP contribution in [0.5, 0.6) is 0 Å². The SMILES string of the molecule is CC(C)c1cccc(C(C)C)c1C1=N/C(=C(/c2ccc(C(F)(F)F)cc2)c2ccc(-c3c(C(C)C)cccc3C(C)C)[nH]2)C=C1. The zero-order valence-corrected chi connectivity index (χ0v) is 27.5. The number of H-pyrrole nitrogens is 1. The average molecular weight is 609 g/mol. The molecule has 1 aliphatic heterocycles. The molecule has 0 unspecified atom stereocenters. The maximum Gasteiger partial charge on any atom is 0.416 e. The molecule has 234 valence electrons. The van der Waals surface area contributed by atoms with Crippen LogP contribution in [-0.4, -0.2) is 10.7 Å². The van der Waals surface area contributed by atoms with Crippen LogP contribution >= 0.6 is 0 Å². The van der Waals surface area contributed by atoms with Crippen molar-refractivity contribution in [1.29, 1.82) is 0 Å². The number of alkyl halides is 3. The number of hydrogen-bond acceptors (Lipinski definition) is 1. The summed E-state index contributed by atoms with van der Waals surface area (Å²) >= 11 is 0. The predicted octanol–water partition coefficient (Wildman–Crippen LogP) is 12.0. The molecule has 0 amide bonds. The van der Waals surface area contributed by atoms with E-state index in [4.69, 9.17) is 4.99 Å². The van der Waals surface area contributed by atoms with Gasteiger partial charge in [0.05, 0.1) is 17.0 Å². The molecule has 0 aliphatic carbocycles. The van der Waals surface area contributed by atoms with Gasteiger partial charge in [0.2, 0.25) is 0 Å². The second-order valence-electron chi connectivity index (χ2n) is 13.2. The first kappa shape index (κ1) is 32.3. The van der Waals surface area contributed by atoms with Crippen molar-refractivity contribution in [2.24, 2.45) is 4.99 Å². The minimum absolute atomic E-state index is 0.305. The van der Waals surface area contributed by atoms with Gasteiger partial charge >= 0.3 is 6.18 Å². The van der Waals surface area contributed by atoms with Crippen molar-refractivity contribution >= 4 is 11.3 Å². The minimum atomic E-state index is -4.41. The number of hydrogen-bond donors (Lipinski definition) is 1. The first-order valence-electron chi connectivity index (χ1n) is 15.9. The third kappa shape index (κ3) is 6.49. The number of aliphatic imine (C=N–C) groups is 1. The van der Waals surface area contributed by atoms with Crippen LogP contribution < -0.4 is 0 Å². The second kappa shape index (κ2) is 12.7. The van der Waals surface area contributed by atoms with Crippen LogP contribution in [0.1, 0.15) is 124 Å². The lowest BCUT2D eigenvalue weighted by atomic mass is 9.86. The summed E-state index contributed by atoms with van der Waals surface area (Å²) < 4.78 is 40.6. The monoisotopic (exact) mass is 608 g/mol. The van der Waals surface area contributed by atoms with E-state index in [1.54, 1.807) is 12.1 Å². The summed E-state index contributed by atoms with van der Waals surface area (Å²) in [5.74, 6) is 1.25. The topological polar surface area (TPSA) is 28.1 Å². The predicted molar refractivity (Wildman–Crippen MR) is 182 cm³/mol. The standard InChI is InChI=1S/C40H43F3N2/c1-23(2)29-11-9-12-30(24(3)4)38(29)35-21-19-33(44-35)37(27-15-17-28(18-16-27)40(41,42)43)34-20-22-36(45-34)39-31(25(5)6)13-10-14-32(39)26(7)8/h9-26,44H,1-8H3/b37-34-. The van der Waals surface area contributed by atoms with Gasteiger partial charge in [0, 0.05) is 28.1 Å². The molecule has 0 saturated carbocycles. The Balaban J connectivity index is 1.73. The van der Waals surface area contributed by atoms with E-state index in [-0.39, 0.29) is 0 Å². The van der Waals surface area contributed by atoms with Gasteiger partial charge in [0.15, 0.2) is 0 Å². The molecule has 2 heterocycles. The normalized spacial score (nSPS) is 14.8. The zero-order valence-electron chi connectivity index (χ0n) is 27.5. The van der Waals surface area contributed by atoms with Gasteiger partial charge in [-0.15, -0.1) is 0 Å². The first-order chi connectivity index (χ1) is 21.3. The highest BCUT2D eigenvalue weighted by molar-refractivity contribution is 6.14. The molecule has 2 nitrogen and oxygen atoms in total. The van der Waals surface area contributed by atoms with Crippen LogP contribution in [0.15, 0.2) is 95.6 Å². The number of aromatic amines is 1. The molecule has 1 N–H and O–H groups in total. The van der Waals surface area contributed by atoms with Crippen molar-refractivity contribution in [3.63, 3.8) is 0 Å². The number of nitrogens with one attached hydrogen (secondary N) is 1. The van der Waals surface area contributed by atoms with E-state index in [1.807, 2.05) is 18.2 Å². The van der Waals surface area contributed by atoms with Crippen LogP contribution in [0.2, 0.25) is 0 Å². The Morgan fingerprint density at radius 1 is 0.600 bits per heavy atom. The molecule has 0 spiro atoms. The van der Waals surface area contributed by atoms with E-state index >= 15 is 0 Å². The molecule has 5 rings (SSSR count). The Hall–Kier alpha value is -4.12. The number of benzene rings is 3. The van der Waals surface area contributed by atoms with Crippen LogP contribution in [-0.2, 0) is 6.18 Å². The molecule has 0 radical (unpaired) electrons. The summed E-state index contributed by atoms with van der Waals surface area (Å²) in [6.45, 7) is 17.5. The Kier molecular flexibility index (Phi) is 9.11. The van der Waals surface area contributed by atoms with Crippen molar-refractivity contribution in [1.82, 2.24) is 4.98 Å². The molecular formula is C40H43F3N2. The summed E-state index contributed by atoms with van der Waals surface area (Å²) in [6, 6.07) is 22.4. The number of halogens is 3. The molecule has 1 aliphatic rings. The van der Waals surface area contributed by atoms with E-state index in [2.05, 4.69) is 103 Å². The van der Waals surface area contributed by atoms with Gasteiger partial charge in [-0.2, -0.15) is 13.2 Å². The lowest BCUT2D eigenvalue weighted by Gasteiger charge is -2.19.